The maximum Gasteiger partial charge on any atom is 0.157 e. The molecule has 0 aliphatic carbocycles. The molecule has 1 aliphatic rings. The van der Waals surface area contributed by atoms with Gasteiger partial charge in [-0.1, -0.05) is 48.0 Å². The number of benzene rings is 1. The van der Waals surface area contributed by atoms with E-state index < -0.39 is 5.00 Å². The predicted molar refractivity (Wildman–Crippen MR) is 55.4 cm³/mol. The number of rotatable bonds is 1. The van der Waals surface area contributed by atoms with E-state index in [-0.39, 0.29) is 0 Å². The van der Waals surface area contributed by atoms with Crippen molar-refractivity contribution in [2.75, 3.05) is 0 Å². The van der Waals surface area contributed by atoms with Gasteiger partial charge in [0.1, 0.15) is 0 Å². The molecule has 1 heterocycles. The molecule has 0 radical (unpaired) electrons. The van der Waals surface area contributed by atoms with E-state index in [0.717, 1.165) is 5.56 Å². The van der Waals surface area contributed by atoms with Crippen LogP contribution < -0.4 is 5.32 Å². The Balaban J connectivity index is 2.35. The third-order valence-corrected chi connectivity index (χ3v) is 2.47. The van der Waals surface area contributed by atoms with Crippen molar-refractivity contribution in [1.82, 2.24) is 5.32 Å². The third-order valence-electron chi connectivity index (χ3n) is 2.02. The summed E-state index contributed by atoms with van der Waals surface area (Å²) in [4.78, 5) is -0.573. The lowest BCUT2D eigenvalue weighted by atomic mass is 10.0. The fourth-order valence-corrected chi connectivity index (χ4v) is 1.58. The van der Waals surface area contributed by atoms with Crippen LogP contribution in [0.3, 0.4) is 0 Å². The maximum absolute atomic E-state index is 6.35. The van der Waals surface area contributed by atoms with Gasteiger partial charge in [0, 0.05) is 0 Å². The summed E-state index contributed by atoms with van der Waals surface area (Å²) < 4.78 is 0. The molecule has 0 fully saturated rings. The largest absolute Gasteiger partial charge is 0.366 e. The molecular weight excluding hydrogens is 182 g/mol. The zero-order valence-corrected chi connectivity index (χ0v) is 7.83. The molecule has 0 aromatic heterocycles. The smallest absolute Gasteiger partial charge is 0.157 e. The lowest BCUT2D eigenvalue weighted by Crippen LogP contribution is -2.32. The van der Waals surface area contributed by atoms with Gasteiger partial charge in [-0.15, -0.1) is 0 Å². The van der Waals surface area contributed by atoms with Crippen molar-refractivity contribution in [2.24, 2.45) is 0 Å². The molecule has 0 saturated heterocycles. The maximum atomic E-state index is 6.35. The summed E-state index contributed by atoms with van der Waals surface area (Å²) in [6.45, 7) is 0. The van der Waals surface area contributed by atoms with Crippen LogP contribution >= 0.6 is 11.6 Å². The molecule has 1 N–H and O–H groups in total. The Labute approximate surface area is 82.7 Å². The van der Waals surface area contributed by atoms with Gasteiger partial charge in [-0.05, 0) is 23.9 Å². The van der Waals surface area contributed by atoms with Crippen molar-refractivity contribution in [2.45, 2.75) is 5.00 Å². The average molecular weight is 192 g/mol. The summed E-state index contributed by atoms with van der Waals surface area (Å²) in [6.07, 6.45) is 7.64. The molecule has 0 bridgehead atoms. The van der Waals surface area contributed by atoms with Crippen molar-refractivity contribution in [3.05, 3.63) is 60.3 Å². The number of nitrogens with one attached hydrogen (secondary N) is 1. The molecule has 1 aromatic rings. The Kier molecular flexibility index (Phi) is 2.11. The third kappa shape index (κ3) is 1.61. The summed E-state index contributed by atoms with van der Waals surface area (Å²) in [5.74, 6) is 0. The lowest BCUT2D eigenvalue weighted by molar-refractivity contribution is 0.666. The normalized spacial score (nSPS) is 25.6. The quantitative estimate of drug-likeness (QED) is 0.532. The Morgan fingerprint density at radius 2 is 1.85 bits per heavy atom. The van der Waals surface area contributed by atoms with Gasteiger partial charge in [-0.3, -0.25) is 0 Å². The standard InChI is InChI=1S/C11H10ClN/c12-11(8-4-5-9-13-11)10-6-2-1-3-7-10/h1-9,13H. The van der Waals surface area contributed by atoms with E-state index in [0.29, 0.717) is 0 Å². The highest BCUT2D eigenvalue weighted by Gasteiger charge is 2.25. The topological polar surface area (TPSA) is 12.0 Å². The number of allylic oxidation sites excluding steroid dienone is 2. The zero-order valence-electron chi connectivity index (χ0n) is 7.07. The molecular formula is C11H10ClN. The zero-order chi connectivity index (χ0) is 9.15. The fourth-order valence-electron chi connectivity index (χ4n) is 1.32. The Morgan fingerprint density at radius 1 is 1.08 bits per heavy atom. The van der Waals surface area contributed by atoms with Gasteiger partial charge < -0.3 is 5.32 Å². The van der Waals surface area contributed by atoms with Crippen LogP contribution in [0.4, 0.5) is 0 Å². The Morgan fingerprint density at radius 3 is 2.46 bits per heavy atom. The van der Waals surface area contributed by atoms with Crippen LogP contribution in [0, 0.1) is 0 Å². The van der Waals surface area contributed by atoms with E-state index in [2.05, 4.69) is 5.32 Å². The van der Waals surface area contributed by atoms with Gasteiger partial charge in [-0.25, -0.2) is 0 Å². The monoisotopic (exact) mass is 191 g/mol. The van der Waals surface area contributed by atoms with Crippen molar-refractivity contribution in [3.8, 4) is 0 Å². The molecule has 13 heavy (non-hydrogen) atoms. The van der Waals surface area contributed by atoms with E-state index in [9.17, 15) is 0 Å². The molecule has 66 valence electrons. The molecule has 1 aliphatic heterocycles. The first-order valence-corrected chi connectivity index (χ1v) is 4.55. The Bertz CT molecular complexity index is 342. The van der Waals surface area contributed by atoms with Gasteiger partial charge in [-0.2, -0.15) is 0 Å². The van der Waals surface area contributed by atoms with Crippen LogP contribution in [-0.4, -0.2) is 0 Å². The van der Waals surface area contributed by atoms with Gasteiger partial charge >= 0.3 is 0 Å². The molecule has 0 amide bonds. The summed E-state index contributed by atoms with van der Waals surface area (Å²) in [6, 6.07) is 9.94. The fraction of sp³-hybridized carbons (Fsp3) is 0.0909. The summed E-state index contributed by atoms with van der Waals surface area (Å²) in [5.41, 5.74) is 1.05. The molecule has 1 nitrogen and oxygen atoms in total. The number of dihydropyridines is 1. The Hall–Kier alpha value is -1.21. The van der Waals surface area contributed by atoms with Crippen molar-refractivity contribution >= 4 is 11.6 Å². The van der Waals surface area contributed by atoms with Gasteiger partial charge in [0.15, 0.2) is 5.00 Å². The number of alkyl halides is 1. The minimum absolute atomic E-state index is 0.573. The minimum atomic E-state index is -0.573. The van der Waals surface area contributed by atoms with Crippen LogP contribution in [0.15, 0.2) is 54.8 Å². The van der Waals surface area contributed by atoms with Crippen molar-refractivity contribution < 1.29 is 0 Å². The first-order chi connectivity index (χ1) is 6.31. The first kappa shape index (κ1) is 8.39. The summed E-state index contributed by atoms with van der Waals surface area (Å²) in [7, 11) is 0. The SMILES string of the molecule is ClC1(c2ccccc2)C=CC=CN1. The van der Waals surface area contributed by atoms with E-state index >= 15 is 0 Å². The van der Waals surface area contributed by atoms with E-state index in [1.807, 2.05) is 54.8 Å². The van der Waals surface area contributed by atoms with Crippen LogP contribution in [0.25, 0.3) is 0 Å². The molecule has 1 atom stereocenters. The van der Waals surface area contributed by atoms with Crippen LogP contribution in [-0.2, 0) is 5.00 Å². The van der Waals surface area contributed by atoms with Crippen LogP contribution in [0.2, 0.25) is 0 Å². The molecule has 0 saturated carbocycles. The average Bonchev–Trinajstić information content (AvgIpc) is 2.20. The number of halogens is 1. The van der Waals surface area contributed by atoms with Gasteiger partial charge in [0.2, 0.25) is 0 Å². The number of hydrogen-bond acceptors (Lipinski definition) is 1. The number of hydrogen-bond donors (Lipinski definition) is 1. The van der Waals surface area contributed by atoms with Gasteiger partial charge in [0.25, 0.3) is 0 Å². The molecule has 0 spiro atoms. The predicted octanol–water partition coefficient (Wildman–Crippen LogP) is 2.75. The highest BCUT2D eigenvalue weighted by atomic mass is 35.5. The molecule has 2 heteroatoms. The second-order valence-electron chi connectivity index (χ2n) is 2.94. The highest BCUT2D eigenvalue weighted by Crippen LogP contribution is 2.28. The minimum Gasteiger partial charge on any atom is -0.366 e. The van der Waals surface area contributed by atoms with E-state index in [4.69, 9.17) is 11.6 Å². The van der Waals surface area contributed by atoms with Crippen LogP contribution in [0.5, 0.6) is 0 Å². The first-order valence-electron chi connectivity index (χ1n) is 4.18. The highest BCUT2D eigenvalue weighted by molar-refractivity contribution is 6.25. The van der Waals surface area contributed by atoms with Crippen molar-refractivity contribution in [3.63, 3.8) is 0 Å². The summed E-state index contributed by atoms with van der Waals surface area (Å²) in [5, 5.41) is 3.11. The molecule has 1 aromatic carbocycles. The van der Waals surface area contributed by atoms with Crippen LogP contribution in [0.1, 0.15) is 5.56 Å². The lowest BCUT2D eigenvalue weighted by Gasteiger charge is -2.26. The summed E-state index contributed by atoms with van der Waals surface area (Å²) >= 11 is 6.35. The molecule has 1 unspecified atom stereocenters. The second-order valence-corrected chi connectivity index (χ2v) is 3.54. The van der Waals surface area contributed by atoms with Gasteiger partial charge in [0.05, 0.1) is 0 Å². The second kappa shape index (κ2) is 3.27. The van der Waals surface area contributed by atoms with Crippen molar-refractivity contribution in [1.29, 1.82) is 0 Å². The van der Waals surface area contributed by atoms with E-state index in [1.54, 1.807) is 0 Å². The molecule has 2 rings (SSSR count). The van der Waals surface area contributed by atoms with E-state index in [1.165, 1.54) is 0 Å².